The van der Waals surface area contributed by atoms with Gasteiger partial charge in [0.1, 0.15) is 5.69 Å². The number of nitrogens with zero attached hydrogens (tertiary/aromatic N) is 4. The van der Waals surface area contributed by atoms with Gasteiger partial charge in [-0.1, -0.05) is 6.42 Å². The average molecular weight is 370 g/mol. The molecule has 2 amide bonds. The second-order valence-electron chi connectivity index (χ2n) is 7.92. The predicted octanol–water partition coefficient (Wildman–Crippen LogP) is 1.85. The van der Waals surface area contributed by atoms with E-state index >= 15 is 0 Å². The summed E-state index contributed by atoms with van der Waals surface area (Å²) in [7, 11) is 3.53. The Kier molecular flexibility index (Phi) is 4.72. The molecule has 2 aromatic heterocycles. The van der Waals surface area contributed by atoms with Gasteiger partial charge in [0, 0.05) is 38.8 Å². The fourth-order valence-electron chi connectivity index (χ4n) is 4.69. The van der Waals surface area contributed by atoms with Crippen LogP contribution in [0.5, 0.6) is 0 Å². The maximum atomic E-state index is 12.6. The molecule has 2 aliphatic rings. The van der Waals surface area contributed by atoms with Crippen molar-refractivity contribution >= 4 is 17.5 Å². The Labute approximate surface area is 158 Å². The fraction of sp³-hybridized carbons (Fsp3) is 0.579. The molecule has 27 heavy (non-hydrogen) atoms. The molecule has 8 heteroatoms. The van der Waals surface area contributed by atoms with Crippen LogP contribution in [0.25, 0.3) is 0 Å². The number of nitrogens with one attached hydrogen (secondary N) is 2. The van der Waals surface area contributed by atoms with E-state index in [1.165, 1.54) is 36.6 Å². The Hall–Kier alpha value is -2.64. The first-order valence-corrected chi connectivity index (χ1v) is 9.57. The molecule has 0 radical (unpaired) electrons. The summed E-state index contributed by atoms with van der Waals surface area (Å²) in [4.78, 5) is 25.1. The van der Waals surface area contributed by atoms with E-state index in [9.17, 15) is 9.59 Å². The lowest BCUT2D eigenvalue weighted by molar-refractivity contribution is -0.117. The molecule has 0 aromatic carbocycles. The number of amides is 2. The van der Waals surface area contributed by atoms with Gasteiger partial charge in [-0.15, -0.1) is 0 Å². The first-order chi connectivity index (χ1) is 13.0. The van der Waals surface area contributed by atoms with Crippen LogP contribution in [0.3, 0.4) is 0 Å². The van der Waals surface area contributed by atoms with E-state index in [0.717, 1.165) is 11.5 Å². The van der Waals surface area contributed by atoms with E-state index in [-0.39, 0.29) is 11.8 Å². The molecule has 144 valence electrons. The molecule has 3 atom stereocenters. The van der Waals surface area contributed by atoms with Crippen LogP contribution in [0.15, 0.2) is 18.6 Å². The van der Waals surface area contributed by atoms with Gasteiger partial charge < -0.3 is 10.6 Å². The summed E-state index contributed by atoms with van der Waals surface area (Å²) in [5.74, 6) is 1.72. The molecular formula is C19H26N6O2. The lowest BCUT2D eigenvalue weighted by atomic mass is 9.86. The van der Waals surface area contributed by atoms with Crippen LogP contribution in [-0.4, -0.2) is 31.4 Å². The number of aromatic nitrogens is 4. The number of anilines is 1. The molecule has 8 nitrogen and oxygen atoms in total. The third kappa shape index (κ3) is 3.74. The van der Waals surface area contributed by atoms with E-state index in [0.29, 0.717) is 36.2 Å². The minimum atomic E-state index is -0.269. The Morgan fingerprint density at radius 2 is 2.04 bits per heavy atom. The largest absolute Gasteiger partial charge is 0.346 e. The smallest absolute Gasteiger partial charge is 0.271 e. The number of carbonyl (C=O) groups excluding carboxylic acids is 2. The van der Waals surface area contributed by atoms with Gasteiger partial charge in [0.05, 0.1) is 18.1 Å². The van der Waals surface area contributed by atoms with Gasteiger partial charge in [0.25, 0.3) is 5.91 Å². The quantitative estimate of drug-likeness (QED) is 0.811. The van der Waals surface area contributed by atoms with Crippen molar-refractivity contribution in [3.05, 3.63) is 29.8 Å². The highest BCUT2D eigenvalue weighted by molar-refractivity contribution is 6.02. The third-order valence-electron chi connectivity index (χ3n) is 5.97. The SMILES string of the molecule is Cn1cc(CNC(=O)c2c(NC(=O)CC3CC4CCC3C4)cnn2C)cn1. The van der Waals surface area contributed by atoms with Gasteiger partial charge in [0.2, 0.25) is 5.91 Å². The zero-order chi connectivity index (χ0) is 19.0. The Balaban J connectivity index is 1.37. The molecule has 2 N–H and O–H groups in total. The van der Waals surface area contributed by atoms with Crippen LogP contribution >= 0.6 is 0 Å². The lowest BCUT2D eigenvalue weighted by Crippen LogP contribution is -2.27. The molecule has 2 saturated carbocycles. The summed E-state index contributed by atoms with van der Waals surface area (Å²) in [6.07, 6.45) is 10.7. The summed E-state index contributed by atoms with van der Waals surface area (Å²) < 4.78 is 3.18. The Bertz CT molecular complexity index is 854. The van der Waals surface area contributed by atoms with Gasteiger partial charge in [-0.05, 0) is 37.0 Å². The molecule has 2 fully saturated rings. The van der Waals surface area contributed by atoms with Crippen LogP contribution in [0.4, 0.5) is 5.69 Å². The molecule has 2 bridgehead atoms. The topological polar surface area (TPSA) is 93.8 Å². The van der Waals surface area contributed by atoms with E-state index in [2.05, 4.69) is 20.8 Å². The average Bonchev–Trinajstić information content (AvgIpc) is 3.39. The zero-order valence-electron chi connectivity index (χ0n) is 15.8. The van der Waals surface area contributed by atoms with Crippen LogP contribution in [0.1, 0.15) is 48.2 Å². The van der Waals surface area contributed by atoms with Crippen molar-refractivity contribution in [2.24, 2.45) is 31.8 Å². The molecule has 2 heterocycles. The molecule has 0 spiro atoms. The van der Waals surface area contributed by atoms with E-state index in [1.807, 2.05) is 13.2 Å². The highest BCUT2D eigenvalue weighted by Crippen LogP contribution is 2.49. The Morgan fingerprint density at radius 1 is 1.19 bits per heavy atom. The molecular weight excluding hydrogens is 344 g/mol. The number of carbonyl (C=O) groups is 2. The van der Waals surface area contributed by atoms with Crippen LogP contribution < -0.4 is 10.6 Å². The minimum absolute atomic E-state index is 0.0261. The lowest BCUT2D eigenvalue weighted by Gasteiger charge is -2.20. The van der Waals surface area contributed by atoms with Gasteiger partial charge in [-0.3, -0.25) is 19.0 Å². The van der Waals surface area contributed by atoms with Crippen molar-refractivity contribution in [1.29, 1.82) is 0 Å². The second kappa shape index (κ2) is 7.17. The highest BCUT2D eigenvalue weighted by Gasteiger charge is 2.40. The van der Waals surface area contributed by atoms with Crippen molar-refractivity contribution in [2.45, 2.75) is 38.6 Å². The van der Waals surface area contributed by atoms with Gasteiger partial charge >= 0.3 is 0 Å². The van der Waals surface area contributed by atoms with Crippen LogP contribution in [-0.2, 0) is 25.4 Å². The first kappa shape index (κ1) is 17.8. The van der Waals surface area contributed by atoms with Gasteiger partial charge in [0.15, 0.2) is 0 Å². The molecule has 4 rings (SSSR count). The number of fused-ring (bicyclic) bond motifs is 2. The van der Waals surface area contributed by atoms with E-state index in [4.69, 9.17) is 0 Å². The number of hydrogen-bond acceptors (Lipinski definition) is 4. The highest BCUT2D eigenvalue weighted by atomic mass is 16.2. The standard InChI is InChI=1S/C19H26N6O2/c1-24-11-13(9-21-24)8-20-19(27)18-16(10-22-25(18)2)23-17(26)7-15-6-12-3-4-14(15)5-12/h9-12,14-15H,3-8H2,1-2H3,(H,20,27)(H,23,26). The van der Waals surface area contributed by atoms with Gasteiger partial charge in [-0.25, -0.2) is 0 Å². The summed E-state index contributed by atoms with van der Waals surface area (Å²) in [6.45, 7) is 0.371. The molecule has 3 unspecified atom stereocenters. The molecule has 0 aliphatic heterocycles. The summed E-state index contributed by atoms with van der Waals surface area (Å²) >= 11 is 0. The van der Waals surface area contributed by atoms with E-state index in [1.54, 1.807) is 17.9 Å². The predicted molar refractivity (Wildman–Crippen MR) is 99.8 cm³/mol. The maximum absolute atomic E-state index is 12.6. The molecule has 2 aromatic rings. The van der Waals surface area contributed by atoms with Crippen molar-refractivity contribution in [1.82, 2.24) is 24.9 Å². The number of hydrogen-bond donors (Lipinski definition) is 2. The van der Waals surface area contributed by atoms with Crippen molar-refractivity contribution in [3.8, 4) is 0 Å². The Morgan fingerprint density at radius 3 is 2.70 bits per heavy atom. The maximum Gasteiger partial charge on any atom is 0.271 e. The normalized spacial score (nSPS) is 23.6. The van der Waals surface area contributed by atoms with Gasteiger partial charge in [-0.2, -0.15) is 10.2 Å². The van der Waals surface area contributed by atoms with Crippen molar-refractivity contribution in [2.75, 3.05) is 5.32 Å². The summed E-state index contributed by atoms with van der Waals surface area (Å²) in [5.41, 5.74) is 1.74. The third-order valence-corrected chi connectivity index (χ3v) is 5.97. The van der Waals surface area contributed by atoms with Crippen molar-refractivity contribution in [3.63, 3.8) is 0 Å². The second-order valence-corrected chi connectivity index (χ2v) is 7.92. The molecule has 0 saturated heterocycles. The van der Waals surface area contributed by atoms with E-state index < -0.39 is 0 Å². The summed E-state index contributed by atoms with van der Waals surface area (Å²) in [5, 5.41) is 14.0. The summed E-state index contributed by atoms with van der Waals surface area (Å²) in [6, 6.07) is 0. The number of aryl methyl sites for hydroxylation is 2. The first-order valence-electron chi connectivity index (χ1n) is 9.57. The number of rotatable bonds is 6. The van der Waals surface area contributed by atoms with Crippen molar-refractivity contribution < 1.29 is 9.59 Å². The van der Waals surface area contributed by atoms with Crippen LogP contribution in [0.2, 0.25) is 0 Å². The minimum Gasteiger partial charge on any atom is -0.346 e. The molecule has 2 aliphatic carbocycles. The monoisotopic (exact) mass is 370 g/mol. The zero-order valence-corrected chi connectivity index (χ0v) is 15.8. The fourth-order valence-corrected chi connectivity index (χ4v) is 4.69. The van der Waals surface area contributed by atoms with Crippen LogP contribution in [0, 0.1) is 17.8 Å².